The zero-order valence-electron chi connectivity index (χ0n) is 10.5. The lowest BCUT2D eigenvalue weighted by atomic mass is 10.1. The van der Waals surface area contributed by atoms with Crippen molar-refractivity contribution < 1.29 is 9.53 Å². The molecule has 17 heavy (non-hydrogen) atoms. The Kier molecular flexibility index (Phi) is 5.84. The molecule has 0 heterocycles. The predicted molar refractivity (Wildman–Crippen MR) is 74.3 cm³/mol. The Labute approximate surface area is 107 Å². The molecule has 92 valence electrons. The van der Waals surface area contributed by atoms with Gasteiger partial charge in [0.15, 0.2) is 0 Å². The number of aryl methyl sites for hydroxylation is 2. The summed E-state index contributed by atoms with van der Waals surface area (Å²) in [5, 5.41) is 0. The molecule has 1 aromatic rings. The van der Waals surface area contributed by atoms with Crippen LogP contribution in [0, 0.1) is 13.8 Å². The first-order chi connectivity index (χ1) is 8.13. The van der Waals surface area contributed by atoms with E-state index in [2.05, 4.69) is 13.0 Å². The van der Waals surface area contributed by atoms with Gasteiger partial charge in [-0.3, -0.25) is 0 Å². The summed E-state index contributed by atoms with van der Waals surface area (Å²) in [6.07, 6.45) is 5.27. The molecule has 0 bridgehead atoms. The van der Waals surface area contributed by atoms with Gasteiger partial charge in [-0.2, -0.15) is 11.8 Å². The molecule has 0 aliphatic heterocycles. The van der Waals surface area contributed by atoms with Gasteiger partial charge in [-0.05, 0) is 37.3 Å². The molecule has 0 saturated carbocycles. The van der Waals surface area contributed by atoms with Crippen LogP contribution in [-0.4, -0.2) is 24.6 Å². The maximum atomic E-state index is 11.4. The van der Waals surface area contributed by atoms with Crippen molar-refractivity contribution in [3.8, 4) is 0 Å². The minimum absolute atomic E-state index is 0.279. The Bertz CT molecular complexity index is 411. The van der Waals surface area contributed by atoms with Crippen LogP contribution in [0.1, 0.15) is 16.7 Å². The molecule has 0 atom stereocenters. The van der Waals surface area contributed by atoms with Gasteiger partial charge in [0.05, 0.1) is 0 Å². The highest BCUT2D eigenvalue weighted by Gasteiger charge is 1.98. The van der Waals surface area contributed by atoms with Gasteiger partial charge in [-0.1, -0.05) is 23.8 Å². The van der Waals surface area contributed by atoms with E-state index in [1.54, 1.807) is 17.8 Å². The summed E-state index contributed by atoms with van der Waals surface area (Å²) in [6.45, 7) is 4.56. The molecule has 0 fully saturated rings. The second-order valence-electron chi connectivity index (χ2n) is 3.85. The molecule has 0 aliphatic rings. The molecule has 0 radical (unpaired) electrons. The quantitative estimate of drug-likeness (QED) is 0.456. The van der Waals surface area contributed by atoms with Crippen LogP contribution in [0.4, 0.5) is 0 Å². The minimum Gasteiger partial charge on any atom is -0.462 e. The van der Waals surface area contributed by atoms with E-state index < -0.39 is 0 Å². The lowest BCUT2D eigenvalue weighted by molar-refractivity contribution is -0.137. The monoisotopic (exact) mass is 250 g/mol. The van der Waals surface area contributed by atoms with E-state index in [-0.39, 0.29) is 5.97 Å². The number of esters is 1. The number of hydrogen-bond donors (Lipinski definition) is 0. The van der Waals surface area contributed by atoms with Gasteiger partial charge in [0.25, 0.3) is 0 Å². The van der Waals surface area contributed by atoms with Crippen LogP contribution in [0.2, 0.25) is 0 Å². The molecule has 2 nitrogen and oxygen atoms in total. The van der Waals surface area contributed by atoms with E-state index in [4.69, 9.17) is 4.74 Å². The van der Waals surface area contributed by atoms with Crippen LogP contribution in [0.5, 0.6) is 0 Å². The molecule has 0 saturated heterocycles. The van der Waals surface area contributed by atoms with Crippen molar-refractivity contribution in [1.29, 1.82) is 0 Å². The normalized spacial score (nSPS) is 10.8. The summed E-state index contributed by atoms with van der Waals surface area (Å²) in [4.78, 5) is 11.4. The van der Waals surface area contributed by atoms with Gasteiger partial charge in [-0.25, -0.2) is 4.79 Å². The molecule has 0 spiro atoms. The topological polar surface area (TPSA) is 26.3 Å². The zero-order chi connectivity index (χ0) is 12.7. The SMILES string of the molecule is CSCCOC(=O)/C=C/c1ccc(C)cc1C. The van der Waals surface area contributed by atoms with E-state index in [1.165, 1.54) is 11.6 Å². The fourth-order valence-corrected chi connectivity index (χ4v) is 1.69. The summed E-state index contributed by atoms with van der Waals surface area (Å²) in [5.41, 5.74) is 3.44. The van der Waals surface area contributed by atoms with Crippen LogP contribution >= 0.6 is 11.8 Å². The first-order valence-electron chi connectivity index (χ1n) is 5.54. The second-order valence-corrected chi connectivity index (χ2v) is 4.84. The average Bonchev–Trinajstić information content (AvgIpc) is 2.28. The summed E-state index contributed by atoms with van der Waals surface area (Å²) in [5.74, 6) is 0.558. The molecular weight excluding hydrogens is 232 g/mol. The van der Waals surface area contributed by atoms with Gasteiger partial charge in [0.2, 0.25) is 0 Å². The summed E-state index contributed by atoms with van der Waals surface area (Å²) < 4.78 is 5.02. The number of benzene rings is 1. The first-order valence-corrected chi connectivity index (χ1v) is 6.94. The van der Waals surface area contributed by atoms with Crippen LogP contribution in [0.15, 0.2) is 24.3 Å². The van der Waals surface area contributed by atoms with Crippen LogP contribution in [0.3, 0.4) is 0 Å². The van der Waals surface area contributed by atoms with Crippen LogP contribution in [-0.2, 0) is 9.53 Å². The lowest BCUT2D eigenvalue weighted by Gasteiger charge is -2.02. The van der Waals surface area contributed by atoms with Crippen molar-refractivity contribution in [3.63, 3.8) is 0 Å². The van der Waals surface area contributed by atoms with Gasteiger partial charge in [-0.15, -0.1) is 0 Å². The fraction of sp³-hybridized carbons (Fsp3) is 0.357. The predicted octanol–water partition coefficient (Wildman–Crippen LogP) is 3.22. The minimum atomic E-state index is -0.279. The molecule has 0 amide bonds. The maximum absolute atomic E-state index is 11.4. The van der Waals surface area contributed by atoms with Gasteiger partial charge in [0, 0.05) is 11.8 Å². The Morgan fingerprint density at radius 2 is 2.18 bits per heavy atom. The van der Waals surface area contributed by atoms with Crippen molar-refractivity contribution in [2.45, 2.75) is 13.8 Å². The van der Waals surface area contributed by atoms with E-state index >= 15 is 0 Å². The van der Waals surface area contributed by atoms with Gasteiger partial charge in [0.1, 0.15) is 6.61 Å². The van der Waals surface area contributed by atoms with Gasteiger partial charge >= 0.3 is 5.97 Å². The molecule has 1 rings (SSSR count). The highest BCUT2D eigenvalue weighted by atomic mass is 32.2. The fourth-order valence-electron chi connectivity index (χ4n) is 1.44. The molecular formula is C14H18O2S. The van der Waals surface area contributed by atoms with E-state index in [9.17, 15) is 4.79 Å². The van der Waals surface area contributed by atoms with Crippen molar-refractivity contribution >= 4 is 23.8 Å². The standard InChI is InChI=1S/C14H18O2S/c1-11-4-5-13(12(2)10-11)6-7-14(15)16-8-9-17-3/h4-7,10H,8-9H2,1-3H3/b7-6+. The number of thioether (sulfide) groups is 1. The highest BCUT2D eigenvalue weighted by Crippen LogP contribution is 2.12. The van der Waals surface area contributed by atoms with Crippen molar-refractivity contribution in [2.75, 3.05) is 18.6 Å². The molecule has 0 unspecified atom stereocenters. The molecule has 3 heteroatoms. The zero-order valence-corrected chi connectivity index (χ0v) is 11.3. The van der Waals surface area contributed by atoms with Gasteiger partial charge < -0.3 is 4.74 Å². The van der Waals surface area contributed by atoms with Crippen molar-refractivity contribution in [2.24, 2.45) is 0 Å². The molecule has 0 aromatic heterocycles. The Hall–Kier alpha value is -1.22. The second kappa shape index (κ2) is 7.17. The van der Waals surface area contributed by atoms with E-state index in [0.717, 1.165) is 16.9 Å². The van der Waals surface area contributed by atoms with Crippen LogP contribution < -0.4 is 0 Å². The smallest absolute Gasteiger partial charge is 0.330 e. The molecule has 0 N–H and O–H groups in total. The Morgan fingerprint density at radius 3 is 2.82 bits per heavy atom. The Balaban J connectivity index is 2.55. The summed E-state index contributed by atoms with van der Waals surface area (Å²) in [6, 6.07) is 6.14. The third-order valence-electron chi connectivity index (χ3n) is 2.36. The number of rotatable bonds is 5. The average molecular weight is 250 g/mol. The number of carbonyl (C=O) groups is 1. The number of hydrogen-bond acceptors (Lipinski definition) is 3. The highest BCUT2D eigenvalue weighted by molar-refractivity contribution is 7.98. The lowest BCUT2D eigenvalue weighted by Crippen LogP contribution is -2.03. The molecule has 0 aliphatic carbocycles. The third-order valence-corrected chi connectivity index (χ3v) is 2.93. The van der Waals surface area contributed by atoms with Crippen molar-refractivity contribution in [3.05, 3.63) is 41.0 Å². The molecule has 1 aromatic carbocycles. The third kappa shape index (κ3) is 5.09. The number of carbonyl (C=O) groups excluding carboxylic acids is 1. The van der Waals surface area contributed by atoms with Crippen molar-refractivity contribution in [1.82, 2.24) is 0 Å². The maximum Gasteiger partial charge on any atom is 0.330 e. The summed E-state index contributed by atoms with van der Waals surface area (Å²) in [7, 11) is 0. The van der Waals surface area contributed by atoms with E-state index in [1.807, 2.05) is 25.3 Å². The Morgan fingerprint density at radius 1 is 1.41 bits per heavy atom. The van der Waals surface area contributed by atoms with Crippen LogP contribution in [0.25, 0.3) is 6.08 Å². The summed E-state index contributed by atoms with van der Waals surface area (Å²) >= 11 is 1.66. The number of ether oxygens (including phenoxy) is 1. The first kappa shape index (κ1) is 13.8. The largest absolute Gasteiger partial charge is 0.462 e. The van der Waals surface area contributed by atoms with E-state index in [0.29, 0.717) is 6.61 Å².